The third-order valence-electron chi connectivity index (χ3n) is 5.38. The van der Waals surface area contributed by atoms with Crippen molar-refractivity contribution in [3.05, 3.63) is 65.5 Å². The number of ether oxygens (including phenoxy) is 1. The normalized spacial score (nSPS) is 23.8. The van der Waals surface area contributed by atoms with Crippen LogP contribution in [-0.4, -0.2) is 18.3 Å². The Balaban J connectivity index is 1.64. The molecule has 26 heavy (non-hydrogen) atoms. The average molecular weight is 351 g/mol. The van der Waals surface area contributed by atoms with Crippen molar-refractivity contribution in [3.8, 4) is 16.9 Å². The van der Waals surface area contributed by atoms with Crippen LogP contribution in [0.15, 0.2) is 48.5 Å². The van der Waals surface area contributed by atoms with Gasteiger partial charge in [0.05, 0.1) is 0 Å². The number of halogens is 1. The molecule has 0 N–H and O–H groups in total. The molecule has 0 amide bonds. The third kappa shape index (κ3) is 4.43. The molecule has 1 aliphatic carbocycles. The van der Waals surface area contributed by atoms with Crippen LogP contribution in [-0.2, 0) is 0 Å². The van der Waals surface area contributed by atoms with E-state index in [0.717, 1.165) is 31.2 Å². The Morgan fingerprint density at radius 3 is 2.12 bits per heavy atom. The summed E-state index contributed by atoms with van der Waals surface area (Å²) in [7, 11) is 0. The van der Waals surface area contributed by atoms with E-state index in [4.69, 9.17) is 11.3 Å². The van der Waals surface area contributed by atoms with Gasteiger partial charge in [0.1, 0.15) is 18.5 Å². The molecule has 0 bridgehead atoms. The predicted molar refractivity (Wildman–Crippen MR) is 104 cm³/mol. The van der Waals surface area contributed by atoms with Crippen LogP contribution in [0.25, 0.3) is 16.0 Å². The lowest BCUT2D eigenvalue weighted by Gasteiger charge is -2.29. The van der Waals surface area contributed by atoms with Crippen molar-refractivity contribution in [1.29, 1.82) is 0 Å². The zero-order valence-corrected chi connectivity index (χ0v) is 15.5. The summed E-state index contributed by atoms with van der Waals surface area (Å²) in [4.78, 5) is 3.81. The maximum Gasteiger partial charge on any atom is 0.230 e. The van der Waals surface area contributed by atoms with Crippen LogP contribution in [0.4, 0.5) is 4.39 Å². The summed E-state index contributed by atoms with van der Waals surface area (Å²) in [5.41, 5.74) is 3.51. The van der Waals surface area contributed by atoms with Crippen LogP contribution >= 0.6 is 0 Å². The second kappa shape index (κ2) is 7.91. The van der Waals surface area contributed by atoms with Crippen molar-refractivity contribution >= 4 is 0 Å². The molecule has 3 rings (SSSR count). The van der Waals surface area contributed by atoms with Crippen LogP contribution < -0.4 is 4.74 Å². The Kier molecular flexibility index (Phi) is 5.61. The van der Waals surface area contributed by atoms with E-state index in [1.54, 1.807) is 0 Å². The van der Waals surface area contributed by atoms with Crippen LogP contribution in [0.1, 0.15) is 51.0 Å². The van der Waals surface area contributed by atoms with Gasteiger partial charge in [-0.05, 0) is 54.5 Å². The van der Waals surface area contributed by atoms with Crippen LogP contribution in [0, 0.1) is 6.57 Å². The molecule has 1 atom stereocenters. The largest absolute Gasteiger partial charge is 0.491 e. The van der Waals surface area contributed by atoms with Crippen LogP contribution in [0.3, 0.4) is 0 Å². The van der Waals surface area contributed by atoms with Crippen molar-refractivity contribution in [2.24, 2.45) is 0 Å². The summed E-state index contributed by atoms with van der Waals surface area (Å²) in [5, 5.41) is 0. The number of rotatable bonds is 5. The highest BCUT2D eigenvalue weighted by molar-refractivity contribution is 5.64. The fraction of sp³-hybridized carbons (Fsp3) is 0.435. The van der Waals surface area contributed by atoms with Gasteiger partial charge >= 0.3 is 0 Å². The molecule has 1 aliphatic rings. The zero-order chi connectivity index (χ0) is 18.6. The topological polar surface area (TPSA) is 13.6 Å². The molecule has 0 radical (unpaired) electrons. The highest BCUT2D eigenvalue weighted by atomic mass is 19.1. The molecule has 1 saturated carbocycles. The van der Waals surface area contributed by atoms with Gasteiger partial charge in [-0.2, -0.15) is 0 Å². The summed E-state index contributed by atoms with van der Waals surface area (Å²) in [6.07, 6.45) is 3.20. The minimum absolute atomic E-state index is 0.0853. The van der Waals surface area contributed by atoms with Crippen molar-refractivity contribution in [2.75, 3.05) is 6.61 Å². The molecule has 0 aliphatic heterocycles. The molecule has 1 fully saturated rings. The maximum absolute atomic E-state index is 12.8. The Morgan fingerprint density at radius 1 is 1.08 bits per heavy atom. The summed E-state index contributed by atoms with van der Waals surface area (Å²) in [6.45, 7) is 11.0. The Labute approximate surface area is 155 Å². The van der Waals surface area contributed by atoms with E-state index >= 15 is 0 Å². The summed E-state index contributed by atoms with van der Waals surface area (Å²) < 4.78 is 18.2. The number of alkyl halides is 1. The average Bonchev–Trinajstić information content (AvgIpc) is 2.68. The third-order valence-corrected chi connectivity index (χ3v) is 5.38. The first-order valence-electron chi connectivity index (χ1n) is 9.35. The van der Waals surface area contributed by atoms with E-state index in [9.17, 15) is 4.39 Å². The minimum Gasteiger partial charge on any atom is -0.491 e. The monoisotopic (exact) mass is 351 g/mol. The van der Waals surface area contributed by atoms with Gasteiger partial charge in [0.2, 0.25) is 5.54 Å². The van der Waals surface area contributed by atoms with Gasteiger partial charge < -0.3 is 9.58 Å². The maximum atomic E-state index is 12.8. The standard InChI is InChI=1S/C23H26FNO/c1-17(24)16-26-22-10-8-20(9-11-22)18-4-6-19(7-5-18)21-12-14-23(2,25-3)15-13-21/h4-11,17,21H,12-16H2,1-2H3. The lowest BCUT2D eigenvalue weighted by atomic mass is 9.75. The minimum atomic E-state index is -0.963. The van der Waals surface area contributed by atoms with Crippen LogP contribution in [0.2, 0.25) is 0 Å². The first-order chi connectivity index (χ1) is 12.5. The number of nitrogens with zero attached hydrogens (tertiary/aromatic N) is 1. The molecule has 2 aromatic rings. The highest BCUT2D eigenvalue weighted by Crippen LogP contribution is 2.40. The summed E-state index contributed by atoms with van der Waals surface area (Å²) >= 11 is 0. The van der Waals surface area contributed by atoms with Gasteiger partial charge in [-0.1, -0.05) is 36.4 Å². The van der Waals surface area contributed by atoms with Crippen molar-refractivity contribution in [3.63, 3.8) is 0 Å². The summed E-state index contributed by atoms with van der Waals surface area (Å²) in [5.74, 6) is 1.26. The SMILES string of the molecule is [C-]#[N+]C1(C)CCC(c2ccc(-c3ccc(OCC(C)F)cc3)cc2)CC1. The fourth-order valence-corrected chi connectivity index (χ4v) is 3.59. The summed E-state index contributed by atoms with van der Waals surface area (Å²) in [6, 6.07) is 16.6. The Bertz CT molecular complexity index is 750. The van der Waals surface area contributed by atoms with Crippen LogP contribution in [0.5, 0.6) is 5.75 Å². The van der Waals surface area contributed by atoms with Gasteiger partial charge in [0.15, 0.2) is 0 Å². The van der Waals surface area contributed by atoms with E-state index < -0.39 is 6.17 Å². The number of hydrogen-bond donors (Lipinski definition) is 0. The van der Waals surface area contributed by atoms with E-state index in [1.807, 2.05) is 24.3 Å². The molecule has 0 spiro atoms. The van der Waals surface area contributed by atoms with Gasteiger partial charge in [0.25, 0.3) is 0 Å². The van der Waals surface area contributed by atoms with Gasteiger partial charge in [0, 0.05) is 19.8 Å². The van der Waals surface area contributed by atoms with Gasteiger partial charge in [-0.15, -0.1) is 0 Å². The lowest BCUT2D eigenvalue weighted by Crippen LogP contribution is -2.26. The highest BCUT2D eigenvalue weighted by Gasteiger charge is 2.36. The van der Waals surface area contributed by atoms with E-state index in [-0.39, 0.29) is 12.1 Å². The van der Waals surface area contributed by atoms with E-state index in [1.165, 1.54) is 18.1 Å². The molecule has 3 heteroatoms. The number of hydrogen-bond acceptors (Lipinski definition) is 1. The molecule has 0 saturated heterocycles. The smallest absolute Gasteiger partial charge is 0.230 e. The first-order valence-corrected chi connectivity index (χ1v) is 9.35. The fourth-order valence-electron chi connectivity index (χ4n) is 3.59. The molecular weight excluding hydrogens is 325 g/mol. The molecular formula is C23H26FNO. The van der Waals surface area contributed by atoms with E-state index in [0.29, 0.717) is 11.7 Å². The molecule has 1 unspecified atom stereocenters. The molecule has 0 heterocycles. The van der Waals surface area contributed by atoms with Gasteiger partial charge in [-0.3, -0.25) is 0 Å². The molecule has 2 aromatic carbocycles. The van der Waals surface area contributed by atoms with Crippen molar-refractivity contribution in [2.45, 2.75) is 57.2 Å². The van der Waals surface area contributed by atoms with Gasteiger partial charge in [-0.25, -0.2) is 11.0 Å². The van der Waals surface area contributed by atoms with Crippen molar-refractivity contribution in [1.82, 2.24) is 0 Å². The lowest BCUT2D eigenvalue weighted by molar-refractivity contribution is 0.210. The van der Waals surface area contributed by atoms with E-state index in [2.05, 4.69) is 36.0 Å². The molecule has 136 valence electrons. The quantitative estimate of drug-likeness (QED) is 0.566. The molecule has 2 nitrogen and oxygen atoms in total. The van der Waals surface area contributed by atoms with Crippen molar-refractivity contribution < 1.29 is 9.13 Å². The second-order valence-electron chi connectivity index (χ2n) is 7.62. The zero-order valence-electron chi connectivity index (χ0n) is 15.5. The second-order valence-corrected chi connectivity index (χ2v) is 7.62. The molecule has 0 aromatic heterocycles. The number of benzene rings is 2. The Morgan fingerprint density at radius 2 is 1.62 bits per heavy atom. The predicted octanol–water partition coefficient (Wildman–Crippen LogP) is 6.43. The Hall–Kier alpha value is -2.34. The first kappa shape index (κ1) is 18.5.